The monoisotopic (exact) mass is 221 g/mol. The maximum atomic E-state index is 13.0. The quantitative estimate of drug-likeness (QED) is 0.799. The molecule has 0 radical (unpaired) electrons. The van der Waals surface area contributed by atoms with Gasteiger partial charge in [-0.05, 0) is 37.6 Å². The van der Waals surface area contributed by atoms with Crippen molar-refractivity contribution in [2.75, 3.05) is 0 Å². The van der Waals surface area contributed by atoms with E-state index in [-0.39, 0.29) is 5.82 Å². The molecule has 0 aliphatic carbocycles. The van der Waals surface area contributed by atoms with Crippen molar-refractivity contribution >= 4 is 0 Å². The molecule has 2 aromatic rings. The summed E-state index contributed by atoms with van der Waals surface area (Å²) in [6.45, 7) is 3.84. The number of nitrogens with zero attached hydrogens (tertiary/aromatic N) is 1. The highest BCUT2D eigenvalue weighted by atomic mass is 19.1. The summed E-state index contributed by atoms with van der Waals surface area (Å²) in [5.41, 5.74) is 1.29. The van der Waals surface area contributed by atoms with Crippen molar-refractivity contribution in [2.24, 2.45) is 0 Å². The van der Waals surface area contributed by atoms with Crippen LogP contribution in [0.15, 0.2) is 28.8 Å². The standard InChI is InChI=1S/C12H12FNO2/c1-8-5-11(3-4-12(8)13)15-7-10-6-9(2)16-14-10/h3-6H,7H2,1-2H3. The van der Waals surface area contributed by atoms with Crippen LogP contribution in [0.3, 0.4) is 0 Å². The Morgan fingerprint density at radius 1 is 1.31 bits per heavy atom. The fourth-order valence-corrected chi connectivity index (χ4v) is 1.35. The van der Waals surface area contributed by atoms with Crippen LogP contribution in [0.25, 0.3) is 0 Å². The minimum Gasteiger partial charge on any atom is -0.487 e. The molecule has 84 valence electrons. The molecule has 0 spiro atoms. The van der Waals surface area contributed by atoms with Crippen LogP contribution in [0.1, 0.15) is 17.0 Å². The first kappa shape index (κ1) is 10.7. The Hall–Kier alpha value is -1.84. The normalized spacial score (nSPS) is 10.4. The number of aromatic nitrogens is 1. The summed E-state index contributed by atoms with van der Waals surface area (Å²) in [5.74, 6) is 1.14. The zero-order valence-corrected chi connectivity index (χ0v) is 9.16. The van der Waals surface area contributed by atoms with E-state index < -0.39 is 0 Å². The lowest BCUT2D eigenvalue weighted by Gasteiger charge is -2.04. The van der Waals surface area contributed by atoms with E-state index in [4.69, 9.17) is 9.26 Å². The summed E-state index contributed by atoms with van der Waals surface area (Å²) in [7, 11) is 0. The van der Waals surface area contributed by atoms with Gasteiger partial charge in [-0.15, -0.1) is 0 Å². The highest BCUT2D eigenvalue weighted by molar-refractivity contribution is 5.28. The lowest BCUT2D eigenvalue weighted by Crippen LogP contribution is -1.96. The van der Waals surface area contributed by atoms with E-state index in [0.29, 0.717) is 17.9 Å². The second-order valence-corrected chi connectivity index (χ2v) is 3.63. The molecule has 4 heteroatoms. The molecule has 0 N–H and O–H groups in total. The zero-order valence-electron chi connectivity index (χ0n) is 9.16. The van der Waals surface area contributed by atoms with Gasteiger partial charge in [0.25, 0.3) is 0 Å². The fraction of sp³-hybridized carbons (Fsp3) is 0.250. The molecular weight excluding hydrogens is 209 g/mol. The summed E-state index contributed by atoms with van der Waals surface area (Å²) >= 11 is 0. The van der Waals surface area contributed by atoms with Crippen molar-refractivity contribution in [1.29, 1.82) is 0 Å². The number of benzene rings is 1. The summed E-state index contributed by atoms with van der Waals surface area (Å²) < 4.78 is 23.3. The second kappa shape index (κ2) is 4.35. The van der Waals surface area contributed by atoms with Crippen molar-refractivity contribution in [3.05, 3.63) is 47.1 Å². The highest BCUT2D eigenvalue weighted by Crippen LogP contribution is 2.17. The van der Waals surface area contributed by atoms with Gasteiger partial charge in [0.15, 0.2) is 0 Å². The van der Waals surface area contributed by atoms with Crippen LogP contribution in [-0.4, -0.2) is 5.16 Å². The SMILES string of the molecule is Cc1cc(COc2ccc(F)c(C)c2)no1. The molecule has 1 aromatic carbocycles. The van der Waals surface area contributed by atoms with Gasteiger partial charge < -0.3 is 9.26 Å². The van der Waals surface area contributed by atoms with Crippen LogP contribution in [0, 0.1) is 19.7 Å². The minimum atomic E-state index is -0.232. The third-order valence-corrected chi connectivity index (χ3v) is 2.19. The lowest BCUT2D eigenvalue weighted by atomic mass is 10.2. The molecule has 0 fully saturated rings. The van der Waals surface area contributed by atoms with Crippen LogP contribution < -0.4 is 4.74 Å². The Kier molecular flexibility index (Phi) is 2.90. The Balaban J connectivity index is 2.02. The van der Waals surface area contributed by atoms with Crippen LogP contribution >= 0.6 is 0 Å². The van der Waals surface area contributed by atoms with E-state index in [0.717, 1.165) is 11.5 Å². The van der Waals surface area contributed by atoms with Gasteiger partial charge in [0.05, 0.1) is 0 Å². The maximum absolute atomic E-state index is 13.0. The largest absolute Gasteiger partial charge is 0.487 e. The molecule has 0 unspecified atom stereocenters. The molecule has 3 nitrogen and oxygen atoms in total. The van der Waals surface area contributed by atoms with Crippen LogP contribution in [0.2, 0.25) is 0 Å². The Morgan fingerprint density at radius 3 is 2.75 bits per heavy atom. The van der Waals surface area contributed by atoms with Crippen molar-refractivity contribution in [1.82, 2.24) is 5.16 Å². The number of hydrogen-bond acceptors (Lipinski definition) is 3. The summed E-state index contributed by atoms with van der Waals surface area (Å²) in [6, 6.07) is 6.44. The van der Waals surface area contributed by atoms with Gasteiger partial charge in [-0.3, -0.25) is 0 Å². The molecule has 0 aliphatic heterocycles. The van der Waals surface area contributed by atoms with E-state index in [9.17, 15) is 4.39 Å². The van der Waals surface area contributed by atoms with Gasteiger partial charge in [-0.2, -0.15) is 0 Å². The molecule has 16 heavy (non-hydrogen) atoms. The summed E-state index contributed by atoms with van der Waals surface area (Å²) in [4.78, 5) is 0. The van der Waals surface area contributed by atoms with Gasteiger partial charge in [-0.25, -0.2) is 4.39 Å². The van der Waals surface area contributed by atoms with Gasteiger partial charge in [-0.1, -0.05) is 5.16 Å². The number of hydrogen-bond donors (Lipinski definition) is 0. The molecule has 1 aromatic heterocycles. The van der Waals surface area contributed by atoms with Gasteiger partial charge in [0.1, 0.15) is 29.6 Å². The van der Waals surface area contributed by atoms with Crippen LogP contribution in [0.5, 0.6) is 5.75 Å². The van der Waals surface area contributed by atoms with Crippen molar-refractivity contribution < 1.29 is 13.7 Å². The van der Waals surface area contributed by atoms with Crippen LogP contribution in [0.4, 0.5) is 4.39 Å². The molecule has 1 heterocycles. The number of rotatable bonds is 3. The molecule has 0 atom stereocenters. The first-order valence-corrected chi connectivity index (χ1v) is 4.96. The van der Waals surface area contributed by atoms with Crippen molar-refractivity contribution in [2.45, 2.75) is 20.5 Å². The average molecular weight is 221 g/mol. The first-order chi connectivity index (χ1) is 7.65. The predicted octanol–water partition coefficient (Wildman–Crippen LogP) is 3.01. The molecule has 0 saturated heterocycles. The van der Waals surface area contributed by atoms with E-state index in [1.165, 1.54) is 6.07 Å². The average Bonchev–Trinajstić information content (AvgIpc) is 2.66. The maximum Gasteiger partial charge on any atom is 0.134 e. The number of halogens is 1. The smallest absolute Gasteiger partial charge is 0.134 e. The van der Waals surface area contributed by atoms with Crippen molar-refractivity contribution in [3.8, 4) is 5.75 Å². The molecule has 0 amide bonds. The fourth-order valence-electron chi connectivity index (χ4n) is 1.35. The Morgan fingerprint density at radius 2 is 2.12 bits per heavy atom. The van der Waals surface area contributed by atoms with Crippen LogP contribution in [-0.2, 0) is 6.61 Å². The van der Waals surface area contributed by atoms with E-state index in [1.54, 1.807) is 25.1 Å². The number of aryl methyl sites for hydroxylation is 2. The summed E-state index contributed by atoms with van der Waals surface area (Å²) in [5, 5.41) is 3.80. The molecule has 0 bridgehead atoms. The van der Waals surface area contributed by atoms with Gasteiger partial charge >= 0.3 is 0 Å². The van der Waals surface area contributed by atoms with E-state index in [2.05, 4.69) is 5.16 Å². The number of ether oxygens (including phenoxy) is 1. The van der Waals surface area contributed by atoms with Crippen molar-refractivity contribution in [3.63, 3.8) is 0 Å². The lowest BCUT2D eigenvalue weighted by molar-refractivity contribution is 0.287. The van der Waals surface area contributed by atoms with E-state index in [1.807, 2.05) is 6.92 Å². The Bertz CT molecular complexity index is 494. The van der Waals surface area contributed by atoms with Gasteiger partial charge in [0.2, 0.25) is 0 Å². The molecular formula is C12H12FNO2. The third-order valence-electron chi connectivity index (χ3n) is 2.19. The molecule has 0 aliphatic rings. The third kappa shape index (κ3) is 2.39. The molecule has 0 saturated carbocycles. The topological polar surface area (TPSA) is 35.3 Å². The summed E-state index contributed by atoms with van der Waals surface area (Å²) in [6.07, 6.45) is 0. The Labute approximate surface area is 92.8 Å². The highest BCUT2D eigenvalue weighted by Gasteiger charge is 2.03. The first-order valence-electron chi connectivity index (χ1n) is 4.96. The van der Waals surface area contributed by atoms with Gasteiger partial charge in [0, 0.05) is 6.07 Å². The minimum absolute atomic E-state index is 0.232. The van der Waals surface area contributed by atoms with E-state index >= 15 is 0 Å². The predicted molar refractivity (Wildman–Crippen MR) is 56.7 cm³/mol. The molecule has 2 rings (SSSR count). The zero-order chi connectivity index (χ0) is 11.5. The second-order valence-electron chi connectivity index (χ2n) is 3.63.